The fraction of sp³-hybridized carbons (Fsp3) is 0.200. The Kier molecular flexibility index (Phi) is 6.51. The van der Waals surface area contributed by atoms with Gasteiger partial charge in [0.1, 0.15) is 0 Å². The normalized spacial score (nSPS) is 11.1. The number of nitrogens with zero attached hydrogens (tertiary/aromatic N) is 5. The summed E-state index contributed by atoms with van der Waals surface area (Å²) in [5.41, 5.74) is 8.27. The summed E-state index contributed by atoms with van der Waals surface area (Å²) in [5.74, 6) is 6.15. The third-order valence-electron chi connectivity index (χ3n) is 2.89. The summed E-state index contributed by atoms with van der Waals surface area (Å²) in [6.45, 7) is 2.45. The molecular weight excluding hydrogens is 324 g/mol. The first-order valence-corrected chi connectivity index (χ1v) is 7.91. The van der Waals surface area contributed by atoms with Crippen LogP contribution in [0.4, 0.5) is 0 Å². The van der Waals surface area contributed by atoms with E-state index in [1.54, 1.807) is 12.4 Å². The van der Waals surface area contributed by atoms with E-state index >= 15 is 0 Å². The summed E-state index contributed by atoms with van der Waals surface area (Å²) in [5, 5.41) is 13.9. The molecule has 0 unspecified atom stereocenters. The van der Waals surface area contributed by atoms with E-state index in [9.17, 15) is 0 Å². The first kappa shape index (κ1) is 17.7. The Hall–Kier alpha value is -2.67. The highest BCUT2D eigenvalue weighted by Crippen LogP contribution is 2.15. The maximum atomic E-state index is 8.48. The Labute approximate surface area is 144 Å². The lowest BCUT2D eigenvalue weighted by molar-refractivity contribution is 0.286. The molecule has 0 spiro atoms. The van der Waals surface area contributed by atoms with Crippen LogP contribution in [-0.2, 0) is 6.54 Å². The molecule has 9 heteroatoms. The smallest absolute Gasteiger partial charge is 0.152 e. The summed E-state index contributed by atoms with van der Waals surface area (Å²) in [6.07, 6.45) is 3.33. The third kappa shape index (κ3) is 5.51. The second-order valence-corrected chi connectivity index (χ2v) is 5.80. The second kappa shape index (κ2) is 8.83. The molecule has 0 saturated carbocycles. The minimum atomic E-state index is 0.278. The summed E-state index contributed by atoms with van der Waals surface area (Å²) < 4.78 is 2.92. The lowest BCUT2D eigenvalue weighted by atomic mass is 10.2. The van der Waals surface area contributed by atoms with Crippen molar-refractivity contribution < 1.29 is 0 Å². The Morgan fingerprint density at radius 3 is 2.71 bits per heavy atom. The molecule has 0 saturated heterocycles. The van der Waals surface area contributed by atoms with Crippen LogP contribution < -0.4 is 16.3 Å². The average molecular weight is 342 g/mol. The Morgan fingerprint density at radius 1 is 1.33 bits per heavy atom. The van der Waals surface area contributed by atoms with Crippen LogP contribution in [0.5, 0.6) is 0 Å². The van der Waals surface area contributed by atoms with Gasteiger partial charge in [-0.15, -0.1) is 5.10 Å². The molecule has 0 bridgehead atoms. The van der Waals surface area contributed by atoms with E-state index in [1.165, 1.54) is 17.1 Å². The van der Waals surface area contributed by atoms with Gasteiger partial charge in [0, 0.05) is 16.7 Å². The lowest BCUT2D eigenvalue weighted by Crippen LogP contribution is -2.29. The van der Waals surface area contributed by atoms with Crippen LogP contribution in [0.25, 0.3) is 0 Å². The monoisotopic (exact) mass is 342 g/mol. The van der Waals surface area contributed by atoms with Crippen molar-refractivity contribution in [1.82, 2.24) is 19.8 Å². The van der Waals surface area contributed by atoms with E-state index < -0.39 is 0 Å². The number of hydrogen-bond donors (Lipinski definition) is 3. The van der Waals surface area contributed by atoms with Crippen LogP contribution in [0.2, 0.25) is 0 Å². The maximum Gasteiger partial charge on any atom is 0.152 e. The summed E-state index contributed by atoms with van der Waals surface area (Å²) in [6, 6.07) is 9.47. The molecule has 1 aromatic heterocycles. The van der Waals surface area contributed by atoms with E-state index in [0.717, 1.165) is 16.2 Å². The van der Waals surface area contributed by atoms with Crippen molar-refractivity contribution in [3.63, 3.8) is 0 Å². The standard InChI is InChI=1S/C15H18N8S/c1-11-8-20-13(9-19-11)10-23(18)22-15(17)12-2-4-14(5-3-12)24-21-7-6-16/h2-5,8-9,21H,7,10,18H2,1H3,(H2,17,22). The number of nitrogens with one attached hydrogen (secondary N) is 1. The molecule has 1 heterocycles. The number of rotatable bonds is 7. The van der Waals surface area contributed by atoms with Crippen LogP contribution in [0.1, 0.15) is 17.0 Å². The molecule has 0 aliphatic heterocycles. The number of aryl methyl sites for hydroxylation is 1. The van der Waals surface area contributed by atoms with Crippen LogP contribution in [0.15, 0.2) is 46.7 Å². The highest BCUT2D eigenvalue weighted by molar-refractivity contribution is 7.97. The van der Waals surface area contributed by atoms with E-state index in [1.807, 2.05) is 37.3 Å². The van der Waals surface area contributed by atoms with Gasteiger partial charge in [0.2, 0.25) is 0 Å². The van der Waals surface area contributed by atoms with Crippen molar-refractivity contribution in [1.29, 1.82) is 5.26 Å². The fourth-order valence-electron chi connectivity index (χ4n) is 1.74. The summed E-state index contributed by atoms with van der Waals surface area (Å²) >= 11 is 1.38. The number of hydrazine groups is 1. The van der Waals surface area contributed by atoms with Crippen molar-refractivity contribution in [2.75, 3.05) is 6.54 Å². The number of benzene rings is 1. The van der Waals surface area contributed by atoms with Gasteiger partial charge >= 0.3 is 0 Å². The molecule has 24 heavy (non-hydrogen) atoms. The van der Waals surface area contributed by atoms with Gasteiger partial charge in [0.25, 0.3) is 0 Å². The Morgan fingerprint density at radius 2 is 2.08 bits per heavy atom. The van der Waals surface area contributed by atoms with E-state index in [4.69, 9.17) is 16.8 Å². The molecule has 0 amide bonds. The zero-order valence-electron chi connectivity index (χ0n) is 13.2. The van der Waals surface area contributed by atoms with Crippen LogP contribution in [0, 0.1) is 18.3 Å². The van der Waals surface area contributed by atoms with Gasteiger partial charge < -0.3 is 5.73 Å². The Balaban J connectivity index is 1.96. The molecule has 8 nitrogen and oxygen atoms in total. The molecule has 1 aromatic carbocycles. The Bertz CT molecular complexity index is 721. The zero-order chi connectivity index (χ0) is 17.4. The molecule has 0 fully saturated rings. The highest BCUT2D eigenvalue weighted by atomic mass is 32.2. The van der Waals surface area contributed by atoms with Gasteiger partial charge in [0.15, 0.2) is 5.84 Å². The maximum absolute atomic E-state index is 8.48. The van der Waals surface area contributed by atoms with Gasteiger partial charge in [-0.05, 0) is 31.0 Å². The molecule has 0 aliphatic carbocycles. The quantitative estimate of drug-likeness (QED) is 0.129. The van der Waals surface area contributed by atoms with Crippen molar-refractivity contribution in [2.45, 2.75) is 18.4 Å². The first-order chi connectivity index (χ1) is 11.6. The topological polar surface area (TPSA) is 129 Å². The van der Waals surface area contributed by atoms with E-state index in [2.05, 4.69) is 19.8 Å². The first-order valence-electron chi connectivity index (χ1n) is 7.09. The summed E-state index contributed by atoms with van der Waals surface area (Å²) in [4.78, 5) is 9.35. The molecule has 5 N–H and O–H groups in total. The van der Waals surface area contributed by atoms with Crippen LogP contribution >= 0.6 is 11.9 Å². The third-order valence-corrected chi connectivity index (χ3v) is 3.68. The largest absolute Gasteiger partial charge is 0.382 e. The zero-order valence-corrected chi connectivity index (χ0v) is 14.0. The fourth-order valence-corrected chi connectivity index (χ4v) is 2.32. The molecule has 0 atom stereocenters. The van der Waals surface area contributed by atoms with Gasteiger partial charge in [-0.2, -0.15) is 5.26 Å². The van der Waals surface area contributed by atoms with E-state index in [0.29, 0.717) is 18.1 Å². The molecule has 2 aromatic rings. The number of nitrogens with two attached hydrogens (primary N) is 2. The van der Waals surface area contributed by atoms with Crippen LogP contribution in [-0.4, -0.2) is 27.5 Å². The van der Waals surface area contributed by atoms with Crippen molar-refractivity contribution in [3.05, 3.63) is 53.6 Å². The minimum Gasteiger partial charge on any atom is -0.382 e. The number of aromatic nitrogens is 2. The van der Waals surface area contributed by atoms with Gasteiger partial charge in [-0.3, -0.25) is 9.97 Å². The molecule has 0 radical (unpaired) electrons. The van der Waals surface area contributed by atoms with E-state index in [-0.39, 0.29) is 6.54 Å². The second-order valence-electron chi connectivity index (χ2n) is 4.84. The SMILES string of the molecule is Cc1cnc(CN(N)/N=C(\N)c2ccc(SNCC#N)cc2)cn1. The highest BCUT2D eigenvalue weighted by Gasteiger charge is 2.04. The number of hydrazone groups is 1. The number of amidine groups is 1. The van der Waals surface area contributed by atoms with Crippen molar-refractivity contribution in [2.24, 2.45) is 16.7 Å². The average Bonchev–Trinajstić information content (AvgIpc) is 2.58. The van der Waals surface area contributed by atoms with Crippen molar-refractivity contribution >= 4 is 17.8 Å². The van der Waals surface area contributed by atoms with Crippen LogP contribution in [0.3, 0.4) is 0 Å². The molecule has 124 valence electrons. The molecule has 0 aliphatic rings. The predicted octanol–water partition coefficient (Wildman–Crippen LogP) is 0.901. The van der Waals surface area contributed by atoms with Gasteiger partial charge in [-0.25, -0.2) is 15.7 Å². The summed E-state index contributed by atoms with van der Waals surface area (Å²) in [7, 11) is 0. The molecular formula is C15H18N8S. The van der Waals surface area contributed by atoms with Gasteiger partial charge in [-0.1, -0.05) is 12.1 Å². The van der Waals surface area contributed by atoms with Crippen molar-refractivity contribution in [3.8, 4) is 6.07 Å². The molecule has 2 rings (SSSR count). The predicted molar refractivity (Wildman–Crippen MR) is 93.1 cm³/mol. The minimum absolute atomic E-state index is 0.278. The lowest BCUT2D eigenvalue weighted by Gasteiger charge is -2.13. The number of hydrogen-bond acceptors (Lipinski definition) is 8. The van der Waals surface area contributed by atoms with Gasteiger partial charge in [0.05, 0.1) is 36.7 Å². The number of nitriles is 1.